The van der Waals surface area contributed by atoms with Gasteiger partial charge in [0.05, 0.1) is 13.2 Å². The van der Waals surface area contributed by atoms with Crippen molar-refractivity contribution in [2.45, 2.75) is 158 Å². The average Bonchev–Trinajstić information content (AvgIpc) is 3.63. The first kappa shape index (κ1) is 66.6. The van der Waals surface area contributed by atoms with Crippen molar-refractivity contribution in [3.8, 4) is 0 Å². The van der Waals surface area contributed by atoms with E-state index in [1.807, 2.05) is 4.98 Å². The minimum atomic E-state index is -5.84. The van der Waals surface area contributed by atoms with Crippen LogP contribution in [0.15, 0.2) is 21.9 Å². The molecule has 3 heterocycles. The number of phosphoric ester groups is 2. The SMILES string of the molecule is CC(=O)N[C@H]1[C@@H](OP(=O)(O)OOP(=O)(O)OC[C@H]2O[C@@H](n3ccc(=O)[nH]c3=O)[C@H](O)[C@@H]2O)O[C@H](CO)[C@@H](O)[C@@H]1O[C@H](C)C(=O)N[C@H](C)C(=O)N[C@H](C)C(=O)N[C@@H](CCCCN)C(=O)N[C@H](CCC(=O)N[C@@H](C)C(=O)O)C(=O)O. The monoisotopic (exact) mass is 1170 g/mol. The third-order valence-corrected chi connectivity index (χ3v) is 13.0. The van der Waals surface area contributed by atoms with E-state index in [0.29, 0.717) is 11.0 Å². The van der Waals surface area contributed by atoms with E-state index in [-0.39, 0.29) is 19.4 Å². The second kappa shape index (κ2) is 30.1. The van der Waals surface area contributed by atoms with E-state index in [1.54, 1.807) is 0 Å². The van der Waals surface area contributed by atoms with E-state index >= 15 is 0 Å². The minimum absolute atomic E-state index is 0.0578. The Hall–Kier alpha value is -5.66. The van der Waals surface area contributed by atoms with Crippen molar-refractivity contribution in [3.63, 3.8) is 0 Å². The van der Waals surface area contributed by atoms with Gasteiger partial charge in [0.1, 0.15) is 79.0 Å². The molecular formula is C40H65N9O27P2. The van der Waals surface area contributed by atoms with E-state index in [4.69, 9.17) is 29.6 Å². The zero-order chi connectivity index (χ0) is 59.0. The molecule has 17 atom stereocenters. The highest BCUT2D eigenvalue weighted by atomic mass is 31.2. The number of carbonyl (C=O) groups is 8. The summed E-state index contributed by atoms with van der Waals surface area (Å²) in [5.74, 6) is -8.65. The van der Waals surface area contributed by atoms with Crippen LogP contribution in [0.1, 0.15) is 73.0 Å². The second-order valence-electron chi connectivity index (χ2n) is 17.6. The lowest BCUT2D eigenvalue weighted by molar-refractivity contribution is -0.267. The molecule has 2 aliphatic heterocycles. The highest BCUT2D eigenvalue weighted by molar-refractivity contribution is 7.49. The van der Waals surface area contributed by atoms with Gasteiger partial charge in [0.15, 0.2) is 12.5 Å². The average molecular weight is 1170 g/mol. The number of aromatic nitrogens is 2. The number of carboxylic acid groups (broad SMARTS) is 2. The molecule has 442 valence electrons. The molecule has 3 rings (SSSR count). The van der Waals surface area contributed by atoms with Gasteiger partial charge in [-0.25, -0.2) is 18.7 Å². The Morgan fingerprint density at radius 3 is 1.94 bits per heavy atom. The van der Waals surface area contributed by atoms with E-state index in [0.717, 1.165) is 26.1 Å². The van der Waals surface area contributed by atoms with Crippen molar-refractivity contribution in [2.75, 3.05) is 19.8 Å². The number of aromatic amines is 1. The van der Waals surface area contributed by atoms with Crippen LogP contribution in [0.3, 0.4) is 0 Å². The Morgan fingerprint density at radius 2 is 1.36 bits per heavy atom. The fourth-order valence-electron chi connectivity index (χ4n) is 7.19. The summed E-state index contributed by atoms with van der Waals surface area (Å²) in [7, 11) is -11.4. The molecule has 1 aromatic heterocycles. The van der Waals surface area contributed by atoms with Crippen molar-refractivity contribution < 1.29 is 121 Å². The summed E-state index contributed by atoms with van der Waals surface area (Å²) >= 11 is 0. The van der Waals surface area contributed by atoms with Gasteiger partial charge in [0.25, 0.3) is 5.56 Å². The predicted molar refractivity (Wildman–Crippen MR) is 254 cm³/mol. The highest BCUT2D eigenvalue weighted by Crippen LogP contribution is 2.54. The third kappa shape index (κ3) is 20.2. The number of carboxylic acids is 2. The molecule has 1 aromatic rings. The Kier molecular flexibility index (Phi) is 25.7. The first-order valence-corrected chi connectivity index (χ1v) is 26.5. The van der Waals surface area contributed by atoms with Crippen molar-refractivity contribution in [1.29, 1.82) is 0 Å². The van der Waals surface area contributed by atoms with Crippen molar-refractivity contribution in [2.24, 2.45) is 5.73 Å². The number of rotatable bonds is 31. The summed E-state index contributed by atoms with van der Waals surface area (Å²) in [6.45, 7) is 3.57. The Bertz CT molecular complexity index is 2500. The first-order chi connectivity index (χ1) is 36.3. The number of nitrogens with zero attached hydrogens (tertiary/aromatic N) is 1. The maximum Gasteiger partial charge on any atom is 0.502 e. The fraction of sp³-hybridized carbons (Fsp3) is 0.700. The molecule has 0 radical (unpaired) electrons. The van der Waals surface area contributed by atoms with Crippen LogP contribution >= 0.6 is 15.6 Å². The van der Waals surface area contributed by atoms with Gasteiger partial charge in [-0.3, -0.25) is 57.0 Å². The smallest absolute Gasteiger partial charge is 0.480 e. The lowest BCUT2D eigenvalue weighted by atomic mass is 9.96. The second-order valence-corrected chi connectivity index (χ2v) is 20.2. The molecule has 17 N–H and O–H groups in total. The van der Waals surface area contributed by atoms with Gasteiger partial charge in [-0.15, -0.1) is 9.35 Å². The molecule has 38 heteroatoms. The van der Waals surface area contributed by atoms with Gasteiger partial charge in [-0.1, -0.05) is 0 Å². The molecule has 78 heavy (non-hydrogen) atoms. The number of phosphoric acid groups is 2. The van der Waals surface area contributed by atoms with Gasteiger partial charge in [0, 0.05) is 25.6 Å². The topological polar surface area (TPSA) is 550 Å². The molecule has 0 bridgehead atoms. The number of nitrogens with one attached hydrogen (secondary N) is 7. The molecule has 2 fully saturated rings. The molecule has 6 amide bonds. The molecular weight excluding hydrogens is 1100 g/mol. The number of hydrogen-bond acceptors (Lipinski definition) is 24. The number of unbranched alkanes of at least 4 members (excludes halogenated alkanes) is 1. The molecule has 2 saturated heterocycles. The Labute approximate surface area is 441 Å². The number of nitrogens with two attached hydrogens (primary N) is 1. The van der Waals surface area contributed by atoms with Gasteiger partial charge in [0.2, 0.25) is 35.4 Å². The number of aliphatic carboxylic acids is 2. The van der Waals surface area contributed by atoms with Crippen LogP contribution in [-0.2, 0) is 80.1 Å². The first-order valence-electron chi connectivity index (χ1n) is 23.5. The standard InChI is InChI=1S/C40H65N9O27P2/c1-16(32(57)43-17(2)33(58)46-21(8-6-7-12-41)35(60)47-22(38(63)64)9-10-25(52)42-18(3)37(61)62)44-34(59)19(4)71-31-27(45-20(5)51)39(73-23(14-50)29(31)55)74-78(68,69)76-75-77(66,67)70-15-24-28(54)30(56)36(72-24)49-13-11-26(53)48-40(49)65/h11,13,16-19,21-24,27-31,36,39,50,54-56H,6-10,12,14-15,41H2,1-5H3,(H,42,52)(H,43,57)(H,44,59)(H,45,51)(H,46,58)(H,47,60)(H,61,62)(H,63,64)(H,66,67)(H,68,69)(H,48,53,65)/t16-,17-,18+,19-,21+,22-,23-,24-,27-,28-,29-,30-,31-,36-,39-/m1/s1. The summed E-state index contributed by atoms with van der Waals surface area (Å²) in [5.41, 5.74) is 3.70. The van der Waals surface area contributed by atoms with Crippen LogP contribution in [0.25, 0.3) is 0 Å². The number of H-pyrrole nitrogens is 1. The number of amides is 6. The largest absolute Gasteiger partial charge is 0.502 e. The van der Waals surface area contributed by atoms with Crippen LogP contribution in [0.4, 0.5) is 0 Å². The van der Waals surface area contributed by atoms with Gasteiger partial charge < -0.3 is 92.3 Å². The number of aliphatic hydroxyl groups excluding tert-OH is 4. The zero-order valence-electron chi connectivity index (χ0n) is 42.2. The van der Waals surface area contributed by atoms with Crippen LogP contribution in [0.5, 0.6) is 0 Å². The van der Waals surface area contributed by atoms with E-state index < -0.39 is 192 Å². The Morgan fingerprint density at radius 1 is 0.756 bits per heavy atom. The number of aliphatic hydroxyl groups is 4. The maximum atomic E-state index is 13.4. The summed E-state index contributed by atoms with van der Waals surface area (Å²) in [4.78, 5) is 147. The van der Waals surface area contributed by atoms with Crippen LogP contribution < -0.4 is 48.9 Å². The van der Waals surface area contributed by atoms with Crippen molar-refractivity contribution in [3.05, 3.63) is 33.1 Å². The molecule has 2 aliphatic rings. The summed E-state index contributed by atoms with van der Waals surface area (Å²) in [6, 6.07) is -8.21. The Balaban J connectivity index is 1.63. The van der Waals surface area contributed by atoms with E-state index in [1.165, 1.54) is 20.8 Å². The molecule has 0 spiro atoms. The molecule has 0 aromatic carbocycles. The normalized spacial score (nSPS) is 26.0. The molecule has 2 unspecified atom stereocenters. The van der Waals surface area contributed by atoms with E-state index in [9.17, 15) is 92.4 Å². The van der Waals surface area contributed by atoms with Crippen LogP contribution in [-0.4, -0.2) is 202 Å². The van der Waals surface area contributed by atoms with Crippen molar-refractivity contribution >= 4 is 63.0 Å². The zero-order valence-corrected chi connectivity index (χ0v) is 44.0. The summed E-state index contributed by atoms with van der Waals surface area (Å²) < 4.78 is 60.6. The number of hydrogen-bond donors (Lipinski definition) is 16. The van der Waals surface area contributed by atoms with Gasteiger partial charge >= 0.3 is 33.3 Å². The molecule has 36 nitrogen and oxygen atoms in total. The summed E-state index contributed by atoms with van der Waals surface area (Å²) in [5, 5.41) is 74.1. The lowest BCUT2D eigenvalue weighted by Crippen LogP contribution is -2.66. The number of ether oxygens (including phenoxy) is 3. The highest BCUT2D eigenvalue weighted by Gasteiger charge is 2.51. The fourth-order valence-corrected chi connectivity index (χ4v) is 8.72. The predicted octanol–water partition coefficient (Wildman–Crippen LogP) is -6.74. The van der Waals surface area contributed by atoms with Gasteiger partial charge in [-0.2, -0.15) is 0 Å². The quantitative estimate of drug-likeness (QED) is 0.0142. The minimum Gasteiger partial charge on any atom is -0.480 e. The number of carbonyl (C=O) groups excluding carboxylic acids is 6. The lowest BCUT2D eigenvalue weighted by Gasteiger charge is -2.44. The van der Waals surface area contributed by atoms with Crippen LogP contribution in [0, 0.1) is 0 Å². The molecule has 0 saturated carbocycles. The van der Waals surface area contributed by atoms with Gasteiger partial charge in [-0.05, 0) is 59.9 Å². The van der Waals surface area contributed by atoms with Crippen LogP contribution in [0.2, 0.25) is 0 Å². The third-order valence-electron chi connectivity index (χ3n) is 11.4. The molecule has 0 aliphatic carbocycles. The maximum absolute atomic E-state index is 13.4. The van der Waals surface area contributed by atoms with Crippen molar-refractivity contribution in [1.82, 2.24) is 41.5 Å². The summed E-state index contributed by atoms with van der Waals surface area (Å²) in [6.07, 6.45) is -16.1. The van der Waals surface area contributed by atoms with E-state index in [2.05, 4.69) is 45.8 Å².